The van der Waals surface area contributed by atoms with Crippen molar-refractivity contribution in [3.8, 4) is 0 Å². The van der Waals surface area contributed by atoms with Crippen LogP contribution in [0.3, 0.4) is 0 Å². The standard InChI is InChI=1S/C9H17NS2/c10-8(5-7-1-2-7)9-6-11-3-4-12-9/h7-9H,1-6,10H2. The number of hydrogen-bond donors (Lipinski definition) is 1. The first-order valence-electron chi connectivity index (χ1n) is 4.81. The summed E-state index contributed by atoms with van der Waals surface area (Å²) in [5.74, 6) is 4.93. The molecule has 0 bridgehead atoms. The van der Waals surface area contributed by atoms with Gasteiger partial charge in [0.15, 0.2) is 0 Å². The maximum atomic E-state index is 6.16. The lowest BCUT2D eigenvalue weighted by atomic mass is 10.1. The molecule has 0 amide bonds. The number of hydrogen-bond acceptors (Lipinski definition) is 3. The molecule has 1 aliphatic carbocycles. The molecule has 1 saturated carbocycles. The molecule has 0 spiro atoms. The summed E-state index contributed by atoms with van der Waals surface area (Å²) in [5, 5.41) is 0.754. The van der Waals surface area contributed by atoms with Gasteiger partial charge in [0.05, 0.1) is 0 Å². The van der Waals surface area contributed by atoms with Crippen LogP contribution >= 0.6 is 23.5 Å². The highest BCUT2D eigenvalue weighted by molar-refractivity contribution is 8.06. The minimum atomic E-state index is 0.482. The Balaban J connectivity index is 1.72. The van der Waals surface area contributed by atoms with E-state index in [9.17, 15) is 0 Å². The Morgan fingerprint density at radius 1 is 1.33 bits per heavy atom. The van der Waals surface area contributed by atoms with Crippen LogP contribution in [-0.2, 0) is 0 Å². The smallest absolute Gasteiger partial charge is 0.0289 e. The fraction of sp³-hybridized carbons (Fsp3) is 1.00. The van der Waals surface area contributed by atoms with Crippen molar-refractivity contribution in [3.63, 3.8) is 0 Å². The maximum Gasteiger partial charge on any atom is 0.0289 e. The van der Waals surface area contributed by atoms with Gasteiger partial charge in [0.25, 0.3) is 0 Å². The van der Waals surface area contributed by atoms with Gasteiger partial charge in [0.2, 0.25) is 0 Å². The van der Waals surface area contributed by atoms with Crippen LogP contribution in [0.15, 0.2) is 0 Å². The van der Waals surface area contributed by atoms with E-state index in [1.54, 1.807) is 0 Å². The first-order chi connectivity index (χ1) is 5.86. The topological polar surface area (TPSA) is 26.0 Å². The normalized spacial score (nSPS) is 33.2. The third kappa shape index (κ3) is 2.57. The fourth-order valence-electron chi connectivity index (χ4n) is 1.64. The Morgan fingerprint density at radius 3 is 2.75 bits per heavy atom. The van der Waals surface area contributed by atoms with Crippen LogP contribution in [0.2, 0.25) is 0 Å². The number of nitrogens with two attached hydrogens (primary N) is 1. The molecule has 1 aliphatic heterocycles. The van der Waals surface area contributed by atoms with E-state index >= 15 is 0 Å². The van der Waals surface area contributed by atoms with Gasteiger partial charge in [-0.25, -0.2) is 0 Å². The van der Waals surface area contributed by atoms with Crippen molar-refractivity contribution in [2.45, 2.75) is 30.6 Å². The van der Waals surface area contributed by atoms with E-state index in [4.69, 9.17) is 5.73 Å². The second-order valence-electron chi connectivity index (χ2n) is 3.83. The van der Waals surface area contributed by atoms with Crippen molar-refractivity contribution >= 4 is 23.5 Å². The second-order valence-corrected chi connectivity index (χ2v) is 6.32. The molecule has 2 fully saturated rings. The molecule has 0 aromatic carbocycles. The van der Waals surface area contributed by atoms with Crippen LogP contribution in [0.5, 0.6) is 0 Å². The highest BCUT2D eigenvalue weighted by atomic mass is 32.2. The summed E-state index contributed by atoms with van der Waals surface area (Å²) in [4.78, 5) is 0. The molecule has 1 heterocycles. The molecular formula is C9H17NS2. The van der Waals surface area contributed by atoms with Gasteiger partial charge in [-0.05, 0) is 12.3 Å². The van der Waals surface area contributed by atoms with E-state index in [2.05, 4.69) is 23.5 Å². The van der Waals surface area contributed by atoms with Crippen LogP contribution < -0.4 is 5.73 Å². The Morgan fingerprint density at radius 2 is 2.17 bits per heavy atom. The van der Waals surface area contributed by atoms with Gasteiger partial charge < -0.3 is 5.73 Å². The highest BCUT2D eigenvalue weighted by Crippen LogP contribution is 2.36. The summed E-state index contributed by atoms with van der Waals surface area (Å²) in [6.45, 7) is 0. The number of thioether (sulfide) groups is 2. The molecule has 2 rings (SSSR count). The van der Waals surface area contributed by atoms with Crippen molar-refractivity contribution in [2.75, 3.05) is 17.3 Å². The third-order valence-corrected chi connectivity index (χ3v) is 5.56. The predicted octanol–water partition coefficient (Wildman–Crippen LogP) is 1.96. The molecule has 70 valence electrons. The molecular weight excluding hydrogens is 186 g/mol. The Labute approximate surface area is 83.2 Å². The SMILES string of the molecule is NC(CC1CC1)C1CSCCS1. The summed E-state index contributed by atoms with van der Waals surface area (Å²) in [6.07, 6.45) is 4.18. The zero-order chi connectivity index (χ0) is 8.39. The van der Waals surface area contributed by atoms with Gasteiger partial charge in [-0.3, -0.25) is 0 Å². The minimum Gasteiger partial charge on any atom is -0.327 e. The zero-order valence-electron chi connectivity index (χ0n) is 7.37. The van der Waals surface area contributed by atoms with Crippen LogP contribution in [0, 0.1) is 5.92 Å². The first kappa shape index (κ1) is 9.22. The van der Waals surface area contributed by atoms with Crippen molar-refractivity contribution in [2.24, 2.45) is 11.7 Å². The molecule has 2 aliphatic rings. The molecule has 2 N–H and O–H groups in total. The van der Waals surface area contributed by atoms with Crippen LogP contribution in [0.25, 0.3) is 0 Å². The average molecular weight is 203 g/mol. The monoisotopic (exact) mass is 203 g/mol. The van der Waals surface area contributed by atoms with E-state index in [0.717, 1.165) is 11.2 Å². The highest BCUT2D eigenvalue weighted by Gasteiger charge is 2.28. The zero-order valence-corrected chi connectivity index (χ0v) is 9.00. The molecule has 12 heavy (non-hydrogen) atoms. The van der Waals surface area contributed by atoms with Crippen molar-refractivity contribution in [1.29, 1.82) is 0 Å². The van der Waals surface area contributed by atoms with Gasteiger partial charge in [-0.2, -0.15) is 23.5 Å². The molecule has 1 saturated heterocycles. The summed E-state index contributed by atoms with van der Waals surface area (Å²) in [7, 11) is 0. The lowest BCUT2D eigenvalue weighted by molar-refractivity contribution is 0.567. The Hall–Kier alpha value is 0.660. The second kappa shape index (κ2) is 4.25. The molecule has 0 radical (unpaired) electrons. The van der Waals surface area contributed by atoms with Crippen molar-refractivity contribution in [3.05, 3.63) is 0 Å². The lowest BCUT2D eigenvalue weighted by Crippen LogP contribution is -2.36. The predicted molar refractivity (Wildman–Crippen MR) is 58.9 cm³/mol. The van der Waals surface area contributed by atoms with Crippen LogP contribution in [0.1, 0.15) is 19.3 Å². The molecule has 0 aromatic heterocycles. The summed E-state index contributed by atoms with van der Waals surface area (Å²) < 4.78 is 0. The quantitative estimate of drug-likeness (QED) is 0.759. The van der Waals surface area contributed by atoms with Gasteiger partial charge in [0.1, 0.15) is 0 Å². The third-order valence-electron chi connectivity index (χ3n) is 2.62. The largest absolute Gasteiger partial charge is 0.327 e. The molecule has 2 unspecified atom stereocenters. The fourth-order valence-corrected chi connectivity index (χ4v) is 4.48. The van der Waals surface area contributed by atoms with Crippen LogP contribution in [-0.4, -0.2) is 28.6 Å². The first-order valence-corrected chi connectivity index (χ1v) is 7.01. The number of rotatable bonds is 3. The van der Waals surface area contributed by atoms with Gasteiger partial charge >= 0.3 is 0 Å². The van der Waals surface area contributed by atoms with Gasteiger partial charge in [-0.15, -0.1) is 0 Å². The lowest BCUT2D eigenvalue weighted by Gasteiger charge is -2.26. The summed E-state index contributed by atoms with van der Waals surface area (Å²) in [5.41, 5.74) is 6.16. The minimum absolute atomic E-state index is 0.482. The van der Waals surface area contributed by atoms with E-state index in [1.165, 1.54) is 36.5 Å². The molecule has 0 aromatic rings. The Bertz CT molecular complexity index is 141. The van der Waals surface area contributed by atoms with E-state index in [1.807, 2.05) is 0 Å². The molecule has 1 nitrogen and oxygen atoms in total. The van der Waals surface area contributed by atoms with Gasteiger partial charge in [0, 0.05) is 28.6 Å². The van der Waals surface area contributed by atoms with E-state index < -0.39 is 0 Å². The molecule has 3 heteroatoms. The Kier molecular flexibility index (Phi) is 3.27. The van der Waals surface area contributed by atoms with E-state index in [0.29, 0.717) is 6.04 Å². The average Bonchev–Trinajstić information content (AvgIpc) is 2.90. The van der Waals surface area contributed by atoms with Crippen molar-refractivity contribution < 1.29 is 0 Å². The van der Waals surface area contributed by atoms with Crippen LogP contribution in [0.4, 0.5) is 0 Å². The van der Waals surface area contributed by atoms with E-state index in [-0.39, 0.29) is 0 Å². The summed E-state index contributed by atoms with van der Waals surface area (Å²) in [6, 6.07) is 0.482. The van der Waals surface area contributed by atoms with Gasteiger partial charge in [-0.1, -0.05) is 12.8 Å². The van der Waals surface area contributed by atoms with Crippen molar-refractivity contribution in [1.82, 2.24) is 0 Å². The maximum absolute atomic E-state index is 6.16. The molecule has 2 atom stereocenters. The summed E-state index contributed by atoms with van der Waals surface area (Å²) >= 11 is 4.17.